The number of hydrogen-bond donors (Lipinski definition) is 1. The van der Waals surface area contributed by atoms with Crippen molar-refractivity contribution in [3.05, 3.63) is 40.7 Å². The molecule has 0 spiro atoms. The Bertz CT molecular complexity index is 671. The number of imide groups is 1. The van der Waals surface area contributed by atoms with Crippen LogP contribution in [0.25, 0.3) is 0 Å². The van der Waals surface area contributed by atoms with Gasteiger partial charge in [-0.15, -0.1) is 0 Å². The first-order valence-electron chi connectivity index (χ1n) is 6.01. The molecule has 0 aliphatic carbocycles. The minimum atomic E-state index is -4.61. The largest absolute Gasteiger partial charge is 0.417 e. The van der Waals surface area contributed by atoms with Crippen molar-refractivity contribution in [2.24, 2.45) is 0 Å². The highest BCUT2D eigenvalue weighted by Crippen LogP contribution is 2.37. The number of carbonyl (C=O) groups excluding carboxylic acids is 2. The monoisotopic (exact) mass is 333 g/mol. The molecule has 1 fully saturated rings. The lowest BCUT2D eigenvalue weighted by Gasteiger charge is -2.15. The number of hydrogen-bond acceptors (Lipinski definition) is 3. The number of anilines is 1. The Hall–Kier alpha value is -2.22. The first-order chi connectivity index (χ1) is 10.1. The van der Waals surface area contributed by atoms with Crippen LogP contribution in [0.5, 0.6) is 0 Å². The molecule has 5 nitrogen and oxygen atoms in total. The number of amides is 3. The van der Waals surface area contributed by atoms with Crippen LogP contribution in [0.1, 0.15) is 5.56 Å². The van der Waals surface area contributed by atoms with E-state index in [4.69, 9.17) is 11.6 Å². The Kier molecular flexibility index (Phi) is 4.06. The van der Waals surface area contributed by atoms with Gasteiger partial charge in [0.25, 0.3) is 5.91 Å². The lowest BCUT2D eigenvalue weighted by molar-refractivity contribution is -0.137. The van der Waals surface area contributed by atoms with E-state index in [1.807, 2.05) is 0 Å². The predicted octanol–water partition coefficient (Wildman–Crippen LogP) is 2.82. The van der Waals surface area contributed by atoms with Crippen molar-refractivity contribution in [2.75, 3.05) is 19.0 Å². The average molecular weight is 334 g/mol. The molecular formula is C13H11ClF3N3O2. The van der Waals surface area contributed by atoms with Gasteiger partial charge in [-0.1, -0.05) is 11.6 Å². The van der Waals surface area contributed by atoms with E-state index in [1.54, 1.807) is 19.0 Å². The topological polar surface area (TPSA) is 52.7 Å². The predicted molar refractivity (Wildman–Crippen MR) is 74.2 cm³/mol. The van der Waals surface area contributed by atoms with E-state index in [0.717, 1.165) is 23.1 Å². The Morgan fingerprint density at radius 1 is 1.27 bits per heavy atom. The van der Waals surface area contributed by atoms with E-state index in [9.17, 15) is 22.8 Å². The van der Waals surface area contributed by atoms with Crippen LogP contribution in [-0.4, -0.2) is 30.9 Å². The molecule has 1 aromatic carbocycles. The second kappa shape index (κ2) is 5.53. The van der Waals surface area contributed by atoms with Gasteiger partial charge in [-0.2, -0.15) is 13.2 Å². The number of carbonyl (C=O) groups is 2. The van der Waals surface area contributed by atoms with Crippen LogP contribution in [0.4, 0.5) is 23.7 Å². The summed E-state index contributed by atoms with van der Waals surface area (Å²) in [5, 5.41) is 1.75. The van der Waals surface area contributed by atoms with Gasteiger partial charge in [-0.3, -0.25) is 4.79 Å². The molecule has 1 aliphatic heterocycles. The molecule has 22 heavy (non-hydrogen) atoms. The van der Waals surface area contributed by atoms with E-state index in [1.165, 1.54) is 6.20 Å². The Labute approximate surface area is 128 Å². The second-order valence-corrected chi connectivity index (χ2v) is 5.15. The summed E-state index contributed by atoms with van der Waals surface area (Å²) in [6.45, 7) is 0. The summed E-state index contributed by atoms with van der Waals surface area (Å²) in [6, 6.07) is 1.92. The summed E-state index contributed by atoms with van der Waals surface area (Å²) in [6.07, 6.45) is -3.21. The fraction of sp³-hybridized carbons (Fsp3) is 0.231. The van der Waals surface area contributed by atoms with Crippen LogP contribution in [-0.2, 0) is 11.0 Å². The van der Waals surface area contributed by atoms with Gasteiger partial charge in [-0.25, -0.2) is 9.69 Å². The Morgan fingerprint density at radius 3 is 2.41 bits per heavy atom. The molecule has 0 atom stereocenters. The third-order valence-electron chi connectivity index (χ3n) is 2.78. The van der Waals surface area contributed by atoms with Gasteiger partial charge in [0.05, 0.1) is 16.3 Å². The third-order valence-corrected chi connectivity index (χ3v) is 3.09. The van der Waals surface area contributed by atoms with Gasteiger partial charge < -0.3 is 10.2 Å². The zero-order valence-corrected chi connectivity index (χ0v) is 12.3. The molecule has 0 radical (unpaired) electrons. The third kappa shape index (κ3) is 3.01. The first-order valence-corrected chi connectivity index (χ1v) is 6.39. The van der Waals surface area contributed by atoms with E-state index in [0.29, 0.717) is 0 Å². The molecule has 1 heterocycles. The standard InChI is InChI=1S/C13H11ClF3N3O2/c1-19(2)6-10-11(21)20(12(22)18-10)7-3-4-8(9(14)5-7)13(15,16)17/h3-6H,1-2H3,(H,18,22). The highest BCUT2D eigenvalue weighted by Gasteiger charge is 2.37. The minimum Gasteiger partial charge on any atom is -0.382 e. The molecule has 3 amide bonds. The van der Waals surface area contributed by atoms with Gasteiger partial charge in [0.2, 0.25) is 0 Å². The maximum absolute atomic E-state index is 12.7. The summed E-state index contributed by atoms with van der Waals surface area (Å²) in [4.78, 5) is 26.2. The summed E-state index contributed by atoms with van der Waals surface area (Å²) in [7, 11) is 3.31. The smallest absolute Gasteiger partial charge is 0.382 e. The number of urea groups is 1. The number of benzene rings is 1. The van der Waals surface area contributed by atoms with Crippen LogP contribution in [0.2, 0.25) is 5.02 Å². The van der Waals surface area contributed by atoms with Crippen LogP contribution >= 0.6 is 11.6 Å². The molecule has 0 unspecified atom stereocenters. The van der Waals surface area contributed by atoms with Crippen LogP contribution in [0.3, 0.4) is 0 Å². The zero-order valence-electron chi connectivity index (χ0n) is 11.5. The van der Waals surface area contributed by atoms with Crippen molar-refractivity contribution in [3.8, 4) is 0 Å². The van der Waals surface area contributed by atoms with E-state index in [-0.39, 0.29) is 11.4 Å². The number of nitrogens with zero attached hydrogens (tertiary/aromatic N) is 2. The quantitative estimate of drug-likeness (QED) is 0.669. The first kappa shape index (κ1) is 16.2. The summed E-state index contributed by atoms with van der Waals surface area (Å²) in [5.41, 5.74) is -1.05. The van der Waals surface area contributed by atoms with E-state index >= 15 is 0 Å². The van der Waals surface area contributed by atoms with Gasteiger partial charge in [0, 0.05) is 20.3 Å². The van der Waals surface area contributed by atoms with Crippen molar-refractivity contribution in [3.63, 3.8) is 0 Å². The zero-order chi connectivity index (χ0) is 16.7. The maximum Gasteiger partial charge on any atom is 0.417 e. The molecule has 2 rings (SSSR count). The molecular weight excluding hydrogens is 323 g/mol. The molecule has 1 aromatic rings. The van der Waals surface area contributed by atoms with Crippen molar-refractivity contribution >= 4 is 29.2 Å². The molecule has 9 heteroatoms. The van der Waals surface area contributed by atoms with Gasteiger partial charge in [-0.05, 0) is 18.2 Å². The summed E-state index contributed by atoms with van der Waals surface area (Å²) in [5.74, 6) is -0.672. The van der Waals surface area contributed by atoms with E-state index < -0.39 is 28.7 Å². The lowest BCUT2D eigenvalue weighted by atomic mass is 10.2. The number of halogens is 4. The van der Waals surface area contributed by atoms with Gasteiger partial charge in [0.15, 0.2) is 0 Å². The summed E-state index contributed by atoms with van der Waals surface area (Å²) < 4.78 is 38.0. The molecule has 1 N–H and O–H groups in total. The second-order valence-electron chi connectivity index (χ2n) is 4.74. The van der Waals surface area contributed by atoms with Crippen LogP contribution in [0, 0.1) is 0 Å². The molecule has 1 saturated heterocycles. The lowest BCUT2D eigenvalue weighted by Crippen LogP contribution is -2.30. The molecule has 1 aliphatic rings. The van der Waals surface area contributed by atoms with Gasteiger partial charge in [0.1, 0.15) is 5.70 Å². The molecule has 118 valence electrons. The SMILES string of the molecule is CN(C)C=C1NC(=O)N(c2ccc(C(F)(F)F)c(Cl)c2)C1=O. The number of rotatable bonds is 2. The molecule has 0 saturated carbocycles. The number of nitrogens with one attached hydrogen (secondary N) is 1. The molecule has 0 aromatic heterocycles. The average Bonchev–Trinajstić information content (AvgIpc) is 2.61. The van der Waals surface area contributed by atoms with Crippen LogP contribution < -0.4 is 10.2 Å². The highest BCUT2D eigenvalue weighted by atomic mass is 35.5. The van der Waals surface area contributed by atoms with E-state index in [2.05, 4.69) is 5.32 Å². The van der Waals surface area contributed by atoms with Crippen molar-refractivity contribution in [2.45, 2.75) is 6.18 Å². The van der Waals surface area contributed by atoms with Crippen molar-refractivity contribution < 1.29 is 22.8 Å². The van der Waals surface area contributed by atoms with Crippen molar-refractivity contribution in [1.82, 2.24) is 10.2 Å². The van der Waals surface area contributed by atoms with Gasteiger partial charge >= 0.3 is 12.2 Å². The minimum absolute atomic E-state index is 0.0195. The summed E-state index contributed by atoms with van der Waals surface area (Å²) >= 11 is 5.60. The fourth-order valence-corrected chi connectivity index (χ4v) is 2.17. The van der Waals surface area contributed by atoms with Crippen LogP contribution in [0.15, 0.2) is 30.1 Å². The highest BCUT2D eigenvalue weighted by molar-refractivity contribution is 6.32. The fourth-order valence-electron chi connectivity index (χ4n) is 1.89. The maximum atomic E-state index is 12.7. The number of alkyl halides is 3. The Balaban J connectivity index is 2.39. The Morgan fingerprint density at radius 2 is 1.91 bits per heavy atom. The van der Waals surface area contributed by atoms with Crippen molar-refractivity contribution in [1.29, 1.82) is 0 Å². The molecule has 0 bridgehead atoms. The normalized spacial score (nSPS) is 17.2.